The number of nitrogens with one attached hydrogen (secondary N) is 1. The minimum absolute atomic E-state index is 0.00843. The molecule has 1 fully saturated rings. The van der Waals surface area contributed by atoms with Crippen molar-refractivity contribution >= 4 is 35.3 Å². The Morgan fingerprint density at radius 1 is 1.21 bits per heavy atom. The molecule has 1 aromatic carbocycles. The van der Waals surface area contributed by atoms with Crippen molar-refractivity contribution in [2.45, 2.75) is 38.5 Å². The van der Waals surface area contributed by atoms with Gasteiger partial charge in [0.05, 0.1) is 19.2 Å². The van der Waals surface area contributed by atoms with Crippen LogP contribution in [-0.2, 0) is 9.53 Å². The summed E-state index contributed by atoms with van der Waals surface area (Å²) < 4.78 is 12.9. The van der Waals surface area contributed by atoms with Crippen LogP contribution in [0.2, 0.25) is 5.02 Å². The van der Waals surface area contributed by atoms with E-state index in [0.717, 1.165) is 11.3 Å². The second-order valence-corrected chi connectivity index (χ2v) is 8.64. The van der Waals surface area contributed by atoms with Gasteiger partial charge in [0.15, 0.2) is 0 Å². The SMILES string of the molecule is CC(C)OCCCNC1=[N+](CC(O)COc2ccc(Cl)cc2)C2C(=O)N(C)C(=O)N(C)C2=N1. The first-order chi connectivity index (χ1) is 15.7. The van der Waals surface area contributed by atoms with Gasteiger partial charge in [0, 0.05) is 32.1 Å². The van der Waals surface area contributed by atoms with Gasteiger partial charge in [0.1, 0.15) is 18.5 Å². The van der Waals surface area contributed by atoms with Crippen molar-refractivity contribution in [2.24, 2.45) is 4.99 Å². The smallest absolute Gasteiger partial charge is 0.390 e. The molecule has 0 saturated carbocycles. The number of guanidine groups is 1. The fraction of sp³-hybridized carbons (Fsp3) is 0.545. The maximum atomic E-state index is 12.9. The van der Waals surface area contributed by atoms with Gasteiger partial charge in [-0.2, -0.15) is 0 Å². The highest BCUT2D eigenvalue weighted by molar-refractivity contribution is 6.30. The molecule has 0 radical (unpaired) electrons. The minimum atomic E-state index is -0.919. The standard InChI is InChI=1S/C22H30ClN5O5/c1-14(2)32-11-5-10-24-21-25-19-18(20(30)27(4)22(31)26(19)3)28(21)12-16(29)13-33-17-8-6-15(23)7-9-17/h6-9,14,16,18,29H,5,10-13H2,1-4H3/p+1. The number of urea groups is 1. The lowest BCUT2D eigenvalue weighted by atomic mass is 10.1. The number of carbonyl (C=O) groups is 2. The molecule has 3 amide bonds. The molecular weight excluding hydrogens is 450 g/mol. The number of halogens is 1. The Kier molecular flexibility index (Phi) is 8.28. The van der Waals surface area contributed by atoms with Crippen molar-refractivity contribution < 1.29 is 28.7 Å². The molecule has 2 N–H and O–H groups in total. The molecule has 2 unspecified atom stereocenters. The zero-order valence-corrected chi connectivity index (χ0v) is 20.1. The number of imide groups is 1. The molecule has 180 valence electrons. The molecule has 2 aliphatic heterocycles. The number of likely N-dealkylation sites (N-methyl/N-ethyl adjacent to an activating group) is 2. The number of fused-ring (bicyclic) bond motifs is 1. The van der Waals surface area contributed by atoms with E-state index in [-0.39, 0.29) is 19.3 Å². The monoisotopic (exact) mass is 480 g/mol. The average Bonchev–Trinajstić information content (AvgIpc) is 3.13. The van der Waals surface area contributed by atoms with Crippen LogP contribution in [0, 0.1) is 0 Å². The summed E-state index contributed by atoms with van der Waals surface area (Å²) in [7, 11) is 3.01. The fourth-order valence-corrected chi connectivity index (χ4v) is 3.65. The lowest BCUT2D eigenvalue weighted by molar-refractivity contribution is -0.545. The lowest BCUT2D eigenvalue weighted by Gasteiger charge is -2.32. The number of rotatable bonds is 10. The van der Waals surface area contributed by atoms with E-state index < -0.39 is 24.1 Å². The molecule has 2 aliphatic rings. The van der Waals surface area contributed by atoms with E-state index in [2.05, 4.69) is 10.3 Å². The maximum absolute atomic E-state index is 12.9. The van der Waals surface area contributed by atoms with Crippen molar-refractivity contribution in [3.63, 3.8) is 0 Å². The number of amidine groups is 1. The highest BCUT2D eigenvalue weighted by atomic mass is 35.5. The second-order valence-electron chi connectivity index (χ2n) is 8.21. The van der Waals surface area contributed by atoms with Crippen molar-refractivity contribution in [1.29, 1.82) is 0 Å². The first kappa shape index (κ1) is 24.9. The predicted octanol–water partition coefficient (Wildman–Crippen LogP) is 1.16. The van der Waals surface area contributed by atoms with Gasteiger partial charge in [0.2, 0.25) is 11.9 Å². The molecule has 0 bridgehead atoms. The van der Waals surface area contributed by atoms with Gasteiger partial charge in [-0.25, -0.2) is 9.37 Å². The molecule has 0 aliphatic carbocycles. The highest BCUT2D eigenvalue weighted by Crippen LogP contribution is 2.19. The summed E-state index contributed by atoms with van der Waals surface area (Å²) in [5.74, 6) is 0.925. The molecule has 1 aromatic rings. The van der Waals surface area contributed by atoms with Crippen LogP contribution >= 0.6 is 11.6 Å². The van der Waals surface area contributed by atoms with Crippen LogP contribution in [0.3, 0.4) is 0 Å². The third-order valence-electron chi connectivity index (χ3n) is 5.25. The van der Waals surface area contributed by atoms with Crippen molar-refractivity contribution in [1.82, 2.24) is 15.1 Å². The predicted molar refractivity (Wildman–Crippen MR) is 124 cm³/mol. The van der Waals surface area contributed by atoms with Crippen LogP contribution in [-0.4, -0.2) is 102 Å². The number of aliphatic hydroxyl groups excluding tert-OH is 1. The molecule has 2 heterocycles. The topological polar surface area (TPSA) is 107 Å². The number of aliphatic hydroxyl groups is 1. The quantitative estimate of drug-likeness (QED) is 0.384. The third-order valence-corrected chi connectivity index (χ3v) is 5.50. The molecule has 2 atom stereocenters. The van der Waals surface area contributed by atoms with Gasteiger partial charge >= 0.3 is 12.0 Å². The normalized spacial score (nSPS) is 19.2. The maximum Gasteiger partial charge on any atom is 0.390 e. The van der Waals surface area contributed by atoms with Gasteiger partial charge in [-0.3, -0.25) is 19.9 Å². The van der Waals surface area contributed by atoms with Crippen LogP contribution in [0.5, 0.6) is 5.75 Å². The van der Waals surface area contributed by atoms with Crippen molar-refractivity contribution in [3.05, 3.63) is 29.3 Å². The average molecular weight is 481 g/mol. The minimum Gasteiger partial charge on any atom is -0.491 e. The van der Waals surface area contributed by atoms with E-state index in [1.54, 1.807) is 35.9 Å². The number of nitrogens with zero attached hydrogens (tertiary/aromatic N) is 4. The van der Waals surface area contributed by atoms with Gasteiger partial charge in [-0.05, 0) is 38.1 Å². The van der Waals surface area contributed by atoms with E-state index in [4.69, 9.17) is 21.1 Å². The summed E-state index contributed by atoms with van der Waals surface area (Å²) in [6.07, 6.45) is -0.0414. The summed E-state index contributed by atoms with van der Waals surface area (Å²) in [4.78, 5) is 32.2. The third kappa shape index (κ3) is 6.01. The molecule has 11 heteroatoms. The van der Waals surface area contributed by atoms with E-state index >= 15 is 0 Å². The fourth-order valence-electron chi connectivity index (χ4n) is 3.53. The van der Waals surface area contributed by atoms with Crippen LogP contribution in [0.1, 0.15) is 20.3 Å². The van der Waals surface area contributed by atoms with Crippen LogP contribution in [0.15, 0.2) is 29.3 Å². The van der Waals surface area contributed by atoms with Gasteiger partial charge in [-0.1, -0.05) is 16.6 Å². The van der Waals surface area contributed by atoms with E-state index in [9.17, 15) is 14.7 Å². The molecule has 33 heavy (non-hydrogen) atoms. The van der Waals surface area contributed by atoms with Crippen LogP contribution < -0.4 is 10.1 Å². The first-order valence-electron chi connectivity index (χ1n) is 10.9. The molecule has 0 aromatic heterocycles. The Morgan fingerprint density at radius 3 is 2.58 bits per heavy atom. The van der Waals surface area contributed by atoms with E-state index in [1.807, 2.05) is 13.8 Å². The van der Waals surface area contributed by atoms with Crippen LogP contribution in [0.25, 0.3) is 0 Å². The number of hydrogen-bond acceptors (Lipinski definition) is 7. The number of hydrogen-bond donors (Lipinski definition) is 2. The van der Waals surface area contributed by atoms with Gasteiger partial charge in [0.25, 0.3) is 5.91 Å². The Bertz CT molecular complexity index is 934. The summed E-state index contributed by atoms with van der Waals surface area (Å²) in [6.45, 7) is 5.17. The summed E-state index contributed by atoms with van der Waals surface area (Å²) in [5, 5.41) is 14.5. The summed E-state index contributed by atoms with van der Waals surface area (Å²) in [5.41, 5.74) is 0. The molecule has 1 saturated heterocycles. The molecule has 3 rings (SSSR count). The second kappa shape index (κ2) is 11.0. The zero-order chi connectivity index (χ0) is 24.1. The summed E-state index contributed by atoms with van der Waals surface area (Å²) in [6, 6.07) is 5.57. The highest BCUT2D eigenvalue weighted by Gasteiger charge is 2.51. The molecular formula is C22H31ClN5O5+. The van der Waals surface area contributed by atoms with Gasteiger partial charge < -0.3 is 14.6 Å². The van der Waals surface area contributed by atoms with E-state index in [1.165, 1.54) is 11.9 Å². The Balaban J connectivity index is 1.72. The van der Waals surface area contributed by atoms with E-state index in [0.29, 0.717) is 35.7 Å². The number of amides is 3. The van der Waals surface area contributed by atoms with Crippen LogP contribution in [0.4, 0.5) is 4.79 Å². The number of ether oxygens (including phenoxy) is 2. The largest absolute Gasteiger partial charge is 0.491 e. The molecule has 10 nitrogen and oxygen atoms in total. The number of β-amino-alcohol motifs (C(OH)–C–C–N with tert-alkyl or cyclic N) is 1. The summed E-state index contributed by atoms with van der Waals surface area (Å²) >= 11 is 5.89. The first-order valence-corrected chi connectivity index (χ1v) is 11.3. The number of aliphatic imine (C=N–C) groups is 1. The number of benzene rings is 1. The Labute approximate surface area is 198 Å². The zero-order valence-electron chi connectivity index (χ0n) is 19.3. The Morgan fingerprint density at radius 2 is 1.91 bits per heavy atom. The number of carbonyl (C=O) groups excluding carboxylic acids is 2. The lowest BCUT2D eigenvalue weighted by Crippen LogP contribution is -2.62. The van der Waals surface area contributed by atoms with Crippen molar-refractivity contribution in [3.8, 4) is 5.75 Å². The van der Waals surface area contributed by atoms with Gasteiger partial charge in [-0.15, -0.1) is 0 Å². The van der Waals surface area contributed by atoms with Crippen molar-refractivity contribution in [2.75, 3.05) is 40.4 Å². The Hall–Kier alpha value is -2.69. The molecule has 0 spiro atoms.